The summed E-state index contributed by atoms with van der Waals surface area (Å²) in [6, 6.07) is 73.2. The summed E-state index contributed by atoms with van der Waals surface area (Å²) in [6.07, 6.45) is 29.8. The first-order chi connectivity index (χ1) is 48.5. The first-order valence-corrected chi connectivity index (χ1v) is 39.0. The lowest BCUT2D eigenvalue weighted by atomic mass is 9.62. The molecule has 0 atom stereocenters. The third-order valence-corrected chi connectivity index (χ3v) is 24.8. The fourth-order valence-corrected chi connectivity index (χ4v) is 19.9. The number of nitrogens with zero attached hydrogens (tertiary/aromatic N) is 1. The maximum atomic E-state index is 7.59. The third kappa shape index (κ3) is 10.6. The second-order valence-electron chi connectivity index (χ2n) is 31.5. The van der Waals surface area contributed by atoms with Crippen molar-refractivity contribution in [2.75, 3.05) is 4.90 Å². The zero-order chi connectivity index (χ0) is 67.6. The summed E-state index contributed by atoms with van der Waals surface area (Å²) in [6.45, 7) is 19.3. The van der Waals surface area contributed by atoms with Crippen LogP contribution in [-0.2, 0) is 21.7 Å². The van der Waals surface area contributed by atoms with Crippen molar-refractivity contribution in [1.29, 1.82) is 0 Å². The van der Waals surface area contributed by atoms with E-state index >= 15 is 0 Å². The molecule has 0 radical (unpaired) electrons. The van der Waals surface area contributed by atoms with Crippen molar-refractivity contribution < 1.29 is 8.83 Å². The highest BCUT2D eigenvalue weighted by molar-refractivity contribution is 6.21. The smallest absolute Gasteiger partial charge is 0.144 e. The minimum Gasteiger partial charge on any atom is -0.456 e. The predicted molar refractivity (Wildman–Crippen MR) is 422 cm³/mol. The molecule has 12 aromatic rings. The van der Waals surface area contributed by atoms with Crippen LogP contribution in [0.5, 0.6) is 0 Å². The van der Waals surface area contributed by atoms with Gasteiger partial charge in [-0.1, -0.05) is 311 Å². The summed E-state index contributed by atoms with van der Waals surface area (Å²) in [5.41, 5.74) is 32.2. The Bertz CT molecular complexity index is 4970. The van der Waals surface area contributed by atoms with Gasteiger partial charge in [-0.25, -0.2) is 0 Å². The monoisotopic (exact) mass is 1300 g/mol. The first-order valence-electron chi connectivity index (χ1n) is 39.0. The fourth-order valence-electron chi connectivity index (χ4n) is 19.9. The quantitative estimate of drug-likeness (QED) is 0.0458. The van der Waals surface area contributed by atoms with E-state index in [0.717, 1.165) is 35.2 Å². The number of anilines is 3. The molecule has 504 valence electrons. The normalized spacial score (nSPS) is 15.2. The van der Waals surface area contributed by atoms with Gasteiger partial charge in [0.2, 0.25) is 0 Å². The Hall–Kier alpha value is -8.40. The zero-order valence-corrected chi connectivity index (χ0v) is 60.6. The summed E-state index contributed by atoms with van der Waals surface area (Å²) < 4.78 is 14.2. The molecule has 4 aliphatic rings. The summed E-state index contributed by atoms with van der Waals surface area (Å²) >= 11 is 0. The van der Waals surface area contributed by atoms with Crippen molar-refractivity contribution in [3.05, 3.63) is 233 Å². The van der Waals surface area contributed by atoms with Crippen LogP contribution in [0.2, 0.25) is 0 Å². The van der Waals surface area contributed by atoms with Crippen LogP contribution < -0.4 is 4.90 Å². The molecule has 0 spiro atoms. The molecule has 3 nitrogen and oxygen atoms in total. The van der Waals surface area contributed by atoms with Crippen LogP contribution in [-0.4, -0.2) is 0 Å². The van der Waals surface area contributed by atoms with Crippen molar-refractivity contribution in [2.45, 2.75) is 231 Å². The molecule has 4 aliphatic carbocycles. The summed E-state index contributed by atoms with van der Waals surface area (Å²) in [5, 5.41) is 5.00. The lowest BCUT2D eigenvalue weighted by Gasteiger charge is -2.40. The number of benzene rings is 10. The van der Waals surface area contributed by atoms with E-state index in [9.17, 15) is 0 Å². The van der Waals surface area contributed by atoms with Crippen molar-refractivity contribution in [3.8, 4) is 55.6 Å². The molecule has 0 saturated heterocycles. The van der Waals surface area contributed by atoms with Gasteiger partial charge in [0, 0.05) is 65.7 Å². The fraction of sp³-hybridized carbons (Fsp3) is 0.375. The van der Waals surface area contributed by atoms with E-state index < -0.39 is 0 Å². The molecule has 0 bridgehead atoms. The molecule has 0 aliphatic heterocycles. The lowest BCUT2D eigenvalue weighted by molar-refractivity contribution is 0.369. The predicted octanol–water partition coefficient (Wildman–Crippen LogP) is 29.2. The molecule has 0 amide bonds. The van der Waals surface area contributed by atoms with Gasteiger partial charge in [-0.3, -0.25) is 0 Å². The Morgan fingerprint density at radius 3 is 1.40 bits per heavy atom. The number of para-hydroxylation sites is 3. The molecule has 2 heterocycles. The van der Waals surface area contributed by atoms with Crippen LogP contribution in [0.1, 0.15) is 254 Å². The summed E-state index contributed by atoms with van der Waals surface area (Å²) in [4.78, 5) is 2.68. The Kier molecular flexibility index (Phi) is 17.5. The summed E-state index contributed by atoms with van der Waals surface area (Å²) in [5.74, 6) is 0. The molecule has 0 saturated carbocycles. The van der Waals surface area contributed by atoms with Gasteiger partial charge in [-0.05, 0) is 175 Å². The third-order valence-electron chi connectivity index (χ3n) is 24.8. The maximum absolute atomic E-state index is 7.59. The maximum Gasteiger partial charge on any atom is 0.144 e. The standard InChI is InChI=1S/C96H103NO2/c1-9-13-17-21-36-56-95(57-37-22-18-14-10-2)75-46-32-28-43-69(75)89-91(95)90-87(88-72-45-31-35-49-83(72)99-92(88)89)70-53-51-66(61-80(70)96(90,58-38-23-19-15-11-3)59-39-24-20-16-12-4)97(81-47-33-29-42-67(81)64-40-26-25-27-41-64)65-50-52-68-73-62-79-74(63-78(73)94(7,8)77(68)60-65)85-76(93(79,5)6)54-55-84-86(85)71-44-30-34-48-82(71)98-84/h25-35,40-55,60-63H,9-24,36-39,56-59H2,1-8H3. The van der Waals surface area contributed by atoms with Crippen LogP contribution >= 0.6 is 0 Å². The highest BCUT2D eigenvalue weighted by atomic mass is 16.3. The van der Waals surface area contributed by atoms with Crippen LogP contribution in [0, 0.1) is 0 Å². The van der Waals surface area contributed by atoms with Crippen molar-refractivity contribution >= 4 is 60.9 Å². The van der Waals surface area contributed by atoms with E-state index in [1.54, 1.807) is 16.7 Å². The second-order valence-corrected chi connectivity index (χ2v) is 31.5. The van der Waals surface area contributed by atoms with Crippen molar-refractivity contribution in [3.63, 3.8) is 0 Å². The molecular weight excluding hydrogens is 1200 g/mol. The van der Waals surface area contributed by atoms with E-state index in [2.05, 4.69) is 248 Å². The molecule has 0 unspecified atom stereocenters. The van der Waals surface area contributed by atoms with Crippen LogP contribution in [0.4, 0.5) is 17.1 Å². The number of hydrogen-bond acceptors (Lipinski definition) is 3. The van der Waals surface area contributed by atoms with Crippen molar-refractivity contribution in [1.82, 2.24) is 0 Å². The number of fused-ring (bicyclic) bond motifs is 22. The van der Waals surface area contributed by atoms with E-state index in [1.807, 2.05) is 0 Å². The minimum absolute atomic E-state index is 0.156. The molecule has 10 aromatic carbocycles. The Morgan fingerprint density at radius 1 is 0.303 bits per heavy atom. The van der Waals surface area contributed by atoms with E-state index in [-0.39, 0.29) is 21.7 Å². The Labute approximate surface area is 590 Å². The van der Waals surface area contributed by atoms with Crippen molar-refractivity contribution in [2.24, 2.45) is 0 Å². The Morgan fingerprint density at radius 2 is 0.768 bits per heavy atom. The molecule has 0 N–H and O–H groups in total. The van der Waals surface area contributed by atoms with Gasteiger partial charge >= 0.3 is 0 Å². The topological polar surface area (TPSA) is 29.5 Å². The van der Waals surface area contributed by atoms with Gasteiger partial charge in [-0.15, -0.1) is 0 Å². The minimum atomic E-state index is -0.306. The number of rotatable bonds is 28. The van der Waals surface area contributed by atoms with Gasteiger partial charge < -0.3 is 13.7 Å². The van der Waals surface area contributed by atoms with Crippen LogP contribution in [0.15, 0.2) is 197 Å². The SMILES string of the molecule is CCCCCCCC1(CCCCCCC)c2ccccc2-c2c1c1c(c3c2oc2ccccc23)-c2ccc(N(c3ccc4c(c3)C(C)(C)c3cc5c(cc3-4)C(C)(C)c3ccc4oc6ccccc6c4c3-5)c3ccccc3-c3ccccc3)cc2C1(CCCCCCC)CCCCCCC. The average Bonchev–Trinajstić information content (AvgIpc) is 1.50. The van der Waals surface area contributed by atoms with Gasteiger partial charge in [0.1, 0.15) is 22.3 Å². The van der Waals surface area contributed by atoms with Crippen LogP contribution in [0.3, 0.4) is 0 Å². The van der Waals surface area contributed by atoms with E-state index in [4.69, 9.17) is 8.83 Å². The zero-order valence-electron chi connectivity index (χ0n) is 60.6. The van der Waals surface area contributed by atoms with E-state index in [0.29, 0.717) is 0 Å². The second kappa shape index (κ2) is 26.6. The lowest BCUT2D eigenvalue weighted by Crippen LogP contribution is -2.33. The van der Waals surface area contributed by atoms with Crippen LogP contribution in [0.25, 0.3) is 99.5 Å². The molecule has 3 heteroatoms. The van der Waals surface area contributed by atoms with Gasteiger partial charge in [0.15, 0.2) is 0 Å². The highest BCUT2D eigenvalue weighted by Crippen LogP contribution is 2.68. The molecule has 0 fully saturated rings. The molecule has 99 heavy (non-hydrogen) atoms. The first kappa shape index (κ1) is 65.2. The van der Waals surface area contributed by atoms with Gasteiger partial charge in [-0.2, -0.15) is 0 Å². The Balaban J connectivity index is 0.937. The molecular formula is C96H103NO2. The number of furan rings is 2. The average molecular weight is 1300 g/mol. The highest BCUT2D eigenvalue weighted by Gasteiger charge is 2.54. The summed E-state index contributed by atoms with van der Waals surface area (Å²) in [7, 11) is 0. The number of unbranched alkanes of at least 4 members (excludes halogenated alkanes) is 16. The van der Waals surface area contributed by atoms with E-state index in [1.165, 1.54) is 263 Å². The van der Waals surface area contributed by atoms with Gasteiger partial charge in [0.05, 0.1) is 5.69 Å². The number of hydrogen-bond donors (Lipinski definition) is 0. The van der Waals surface area contributed by atoms with Gasteiger partial charge in [0.25, 0.3) is 0 Å². The molecule has 2 aromatic heterocycles. The largest absolute Gasteiger partial charge is 0.456 e. The molecule has 16 rings (SSSR count).